The first-order chi connectivity index (χ1) is 7.66. The van der Waals surface area contributed by atoms with Gasteiger partial charge in [-0.05, 0) is 39.3 Å². The molecule has 0 aromatic rings. The second-order valence-corrected chi connectivity index (χ2v) is 5.29. The van der Waals surface area contributed by atoms with E-state index >= 15 is 0 Å². The highest BCUT2D eigenvalue weighted by molar-refractivity contribution is 5.79. The van der Waals surface area contributed by atoms with Crippen LogP contribution in [0.4, 0.5) is 0 Å². The monoisotopic (exact) mass is 225 g/mol. The van der Waals surface area contributed by atoms with Gasteiger partial charge < -0.3 is 15.5 Å². The van der Waals surface area contributed by atoms with Crippen LogP contribution in [0.3, 0.4) is 0 Å². The SMILES string of the molecule is CN1CCCC(C(=O)N2CCCC(N)C2)C1. The van der Waals surface area contributed by atoms with E-state index in [-0.39, 0.29) is 12.0 Å². The highest BCUT2D eigenvalue weighted by Crippen LogP contribution is 2.19. The Labute approximate surface area is 97.8 Å². The molecule has 2 fully saturated rings. The third-order valence-electron chi connectivity index (χ3n) is 3.74. The molecule has 0 radical (unpaired) electrons. The Morgan fingerprint density at radius 1 is 1.19 bits per heavy atom. The average molecular weight is 225 g/mol. The molecule has 1 amide bonds. The minimum absolute atomic E-state index is 0.194. The Hall–Kier alpha value is -0.610. The van der Waals surface area contributed by atoms with Crippen LogP contribution in [-0.4, -0.2) is 55.0 Å². The van der Waals surface area contributed by atoms with Crippen molar-refractivity contribution in [2.24, 2.45) is 11.7 Å². The fourth-order valence-corrected chi connectivity index (χ4v) is 2.84. The van der Waals surface area contributed by atoms with E-state index in [1.807, 2.05) is 4.90 Å². The number of amides is 1. The molecule has 2 rings (SSSR count). The van der Waals surface area contributed by atoms with Crippen molar-refractivity contribution in [3.63, 3.8) is 0 Å². The third-order valence-corrected chi connectivity index (χ3v) is 3.74. The summed E-state index contributed by atoms with van der Waals surface area (Å²) in [7, 11) is 2.10. The normalized spacial score (nSPS) is 32.8. The van der Waals surface area contributed by atoms with Crippen LogP contribution < -0.4 is 5.73 Å². The fraction of sp³-hybridized carbons (Fsp3) is 0.917. The maximum atomic E-state index is 12.3. The van der Waals surface area contributed by atoms with Crippen LogP contribution in [0.15, 0.2) is 0 Å². The lowest BCUT2D eigenvalue weighted by Crippen LogP contribution is -2.50. The van der Waals surface area contributed by atoms with Crippen LogP contribution in [0.2, 0.25) is 0 Å². The van der Waals surface area contributed by atoms with Crippen molar-refractivity contribution >= 4 is 5.91 Å². The second-order valence-electron chi connectivity index (χ2n) is 5.29. The van der Waals surface area contributed by atoms with Crippen LogP contribution >= 0.6 is 0 Å². The summed E-state index contributed by atoms with van der Waals surface area (Å²) in [4.78, 5) is 16.5. The van der Waals surface area contributed by atoms with Crippen molar-refractivity contribution in [3.05, 3.63) is 0 Å². The Morgan fingerprint density at radius 2 is 1.94 bits per heavy atom. The van der Waals surface area contributed by atoms with Gasteiger partial charge in [-0.25, -0.2) is 0 Å². The zero-order valence-corrected chi connectivity index (χ0v) is 10.2. The standard InChI is InChI=1S/C12H23N3O/c1-14-6-2-4-10(8-14)12(16)15-7-3-5-11(13)9-15/h10-11H,2-9,13H2,1H3. The van der Waals surface area contributed by atoms with Crippen LogP contribution in [-0.2, 0) is 4.79 Å². The number of hydrogen-bond acceptors (Lipinski definition) is 3. The summed E-state index contributed by atoms with van der Waals surface area (Å²) in [5.41, 5.74) is 5.92. The van der Waals surface area contributed by atoms with Crippen molar-refractivity contribution < 1.29 is 4.79 Å². The van der Waals surface area contributed by atoms with Crippen LogP contribution in [0.5, 0.6) is 0 Å². The lowest BCUT2D eigenvalue weighted by Gasteiger charge is -2.36. The lowest BCUT2D eigenvalue weighted by atomic mass is 9.95. The zero-order chi connectivity index (χ0) is 11.5. The number of nitrogens with zero attached hydrogens (tertiary/aromatic N) is 2. The predicted molar refractivity (Wildman–Crippen MR) is 64.0 cm³/mol. The van der Waals surface area contributed by atoms with E-state index in [1.165, 1.54) is 0 Å². The molecule has 0 aliphatic carbocycles. The largest absolute Gasteiger partial charge is 0.341 e. The summed E-state index contributed by atoms with van der Waals surface area (Å²) in [5, 5.41) is 0. The molecule has 0 spiro atoms. The summed E-state index contributed by atoms with van der Waals surface area (Å²) in [5.74, 6) is 0.547. The number of carbonyl (C=O) groups is 1. The summed E-state index contributed by atoms with van der Waals surface area (Å²) < 4.78 is 0. The van der Waals surface area contributed by atoms with E-state index in [9.17, 15) is 4.79 Å². The second kappa shape index (κ2) is 5.15. The molecule has 0 saturated carbocycles. The van der Waals surface area contributed by atoms with Crippen LogP contribution in [0.25, 0.3) is 0 Å². The molecule has 2 saturated heterocycles. The van der Waals surface area contributed by atoms with E-state index in [0.717, 1.165) is 51.9 Å². The fourth-order valence-electron chi connectivity index (χ4n) is 2.84. The number of rotatable bonds is 1. The average Bonchev–Trinajstić information content (AvgIpc) is 2.28. The minimum atomic E-state index is 0.194. The quantitative estimate of drug-likeness (QED) is 0.697. The van der Waals surface area contributed by atoms with Gasteiger partial charge in [-0.1, -0.05) is 0 Å². The van der Waals surface area contributed by atoms with Gasteiger partial charge in [-0.3, -0.25) is 4.79 Å². The van der Waals surface area contributed by atoms with Crippen LogP contribution in [0.1, 0.15) is 25.7 Å². The Bertz CT molecular complexity index is 233. The van der Waals surface area contributed by atoms with Gasteiger partial charge >= 0.3 is 0 Å². The van der Waals surface area contributed by atoms with Crippen molar-refractivity contribution in [3.8, 4) is 0 Å². The Morgan fingerprint density at radius 3 is 2.62 bits per heavy atom. The molecule has 2 aliphatic rings. The van der Waals surface area contributed by atoms with Gasteiger partial charge in [0.05, 0.1) is 5.92 Å². The molecular formula is C12H23N3O. The number of hydrogen-bond donors (Lipinski definition) is 1. The van der Waals surface area contributed by atoms with E-state index in [4.69, 9.17) is 5.73 Å². The van der Waals surface area contributed by atoms with E-state index in [2.05, 4.69) is 11.9 Å². The van der Waals surface area contributed by atoms with Crippen LogP contribution in [0, 0.1) is 5.92 Å². The highest BCUT2D eigenvalue weighted by Gasteiger charge is 2.30. The number of nitrogens with two attached hydrogens (primary N) is 1. The topological polar surface area (TPSA) is 49.6 Å². The van der Waals surface area contributed by atoms with E-state index in [0.29, 0.717) is 5.91 Å². The third kappa shape index (κ3) is 2.74. The van der Waals surface area contributed by atoms with E-state index in [1.54, 1.807) is 0 Å². The molecule has 0 bridgehead atoms. The molecule has 2 N–H and O–H groups in total. The van der Waals surface area contributed by atoms with Gasteiger partial charge in [0.15, 0.2) is 0 Å². The van der Waals surface area contributed by atoms with Crippen molar-refractivity contribution in [2.75, 3.05) is 33.2 Å². The summed E-state index contributed by atoms with van der Waals surface area (Å²) in [6.07, 6.45) is 4.32. The molecule has 16 heavy (non-hydrogen) atoms. The Kier molecular flexibility index (Phi) is 3.82. The summed E-state index contributed by atoms with van der Waals surface area (Å²) >= 11 is 0. The number of piperidine rings is 2. The summed E-state index contributed by atoms with van der Waals surface area (Å²) in [6.45, 7) is 3.72. The minimum Gasteiger partial charge on any atom is -0.341 e. The van der Waals surface area contributed by atoms with Crippen molar-refractivity contribution in [1.29, 1.82) is 0 Å². The molecule has 4 nitrogen and oxygen atoms in total. The van der Waals surface area contributed by atoms with Gasteiger partial charge in [-0.2, -0.15) is 0 Å². The molecule has 0 aromatic heterocycles. The molecule has 0 aromatic carbocycles. The van der Waals surface area contributed by atoms with Gasteiger partial charge in [0.1, 0.15) is 0 Å². The van der Waals surface area contributed by atoms with Crippen molar-refractivity contribution in [2.45, 2.75) is 31.7 Å². The highest BCUT2D eigenvalue weighted by atomic mass is 16.2. The molecule has 92 valence electrons. The molecule has 2 atom stereocenters. The maximum Gasteiger partial charge on any atom is 0.227 e. The summed E-state index contributed by atoms with van der Waals surface area (Å²) in [6, 6.07) is 0.194. The molecule has 2 heterocycles. The first-order valence-electron chi connectivity index (χ1n) is 6.39. The Balaban J connectivity index is 1.90. The molecular weight excluding hydrogens is 202 g/mol. The number of likely N-dealkylation sites (tertiary alicyclic amines) is 2. The van der Waals surface area contributed by atoms with Gasteiger partial charge in [0, 0.05) is 25.7 Å². The van der Waals surface area contributed by atoms with Gasteiger partial charge in [0.25, 0.3) is 0 Å². The molecule has 4 heteroatoms. The van der Waals surface area contributed by atoms with E-state index < -0.39 is 0 Å². The van der Waals surface area contributed by atoms with Gasteiger partial charge in [0.2, 0.25) is 5.91 Å². The predicted octanol–water partition coefficient (Wildman–Crippen LogP) is 0.278. The zero-order valence-electron chi connectivity index (χ0n) is 10.2. The maximum absolute atomic E-state index is 12.3. The lowest BCUT2D eigenvalue weighted by molar-refractivity contribution is -0.138. The molecule has 2 aliphatic heterocycles. The van der Waals surface area contributed by atoms with Crippen molar-refractivity contribution in [1.82, 2.24) is 9.80 Å². The van der Waals surface area contributed by atoms with Gasteiger partial charge in [-0.15, -0.1) is 0 Å². The first-order valence-corrected chi connectivity index (χ1v) is 6.39. The molecule has 2 unspecified atom stereocenters. The number of carbonyl (C=O) groups excluding carboxylic acids is 1. The first kappa shape index (κ1) is 11.9. The smallest absolute Gasteiger partial charge is 0.227 e.